The van der Waals surface area contributed by atoms with Gasteiger partial charge in [0.05, 0.1) is 32.4 Å². The highest BCUT2D eigenvalue weighted by Crippen LogP contribution is 2.12. The molecule has 0 aliphatic heterocycles. The fraction of sp³-hybridized carbons (Fsp3) is 1.00. The Hall–Kier alpha value is -0.920. The van der Waals surface area contributed by atoms with Gasteiger partial charge in [0.15, 0.2) is 6.73 Å². The molecule has 26 heavy (non-hydrogen) atoms. The van der Waals surface area contributed by atoms with Crippen molar-refractivity contribution in [2.24, 2.45) is 0 Å². The third-order valence-electron chi connectivity index (χ3n) is 4.29. The Labute approximate surface area is 160 Å². The van der Waals surface area contributed by atoms with Gasteiger partial charge in [0.2, 0.25) is 0 Å². The number of hydrogen-bond donors (Lipinski definition) is 1. The molecule has 158 valence electrons. The molecular weight excluding hydrogens is 336 g/mol. The SMILES string of the molecule is CCCCCCCCCCCCCCOC[N+](C)(C)CCO.O=[N+]([O-])[O-]. The predicted octanol–water partition coefficient (Wildman–Crippen LogP) is 4.49. The third kappa shape index (κ3) is 27.9. The molecule has 0 aromatic carbocycles. The summed E-state index contributed by atoms with van der Waals surface area (Å²) in [5.74, 6) is 0. The van der Waals surface area contributed by atoms with Gasteiger partial charge in [-0.2, -0.15) is 0 Å². The van der Waals surface area contributed by atoms with Gasteiger partial charge in [-0.3, -0.25) is 0 Å². The van der Waals surface area contributed by atoms with Crippen LogP contribution < -0.4 is 0 Å². The quantitative estimate of drug-likeness (QED) is 0.132. The number of quaternary nitrogens is 1. The first-order chi connectivity index (χ1) is 12.4. The van der Waals surface area contributed by atoms with Gasteiger partial charge in [-0.1, -0.05) is 77.6 Å². The first kappa shape index (κ1) is 27.3. The van der Waals surface area contributed by atoms with Crippen molar-refractivity contribution in [3.63, 3.8) is 0 Å². The molecule has 0 fully saturated rings. The lowest BCUT2D eigenvalue weighted by Crippen LogP contribution is -2.43. The largest absolute Gasteiger partial charge is 0.391 e. The highest BCUT2D eigenvalue weighted by atomic mass is 16.9. The molecule has 0 rings (SSSR count). The summed E-state index contributed by atoms with van der Waals surface area (Å²) in [5.41, 5.74) is 0. The van der Waals surface area contributed by atoms with Gasteiger partial charge in [0.1, 0.15) is 6.54 Å². The van der Waals surface area contributed by atoms with Gasteiger partial charge in [-0.15, -0.1) is 0 Å². The third-order valence-corrected chi connectivity index (χ3v) is 4.29. The van der Waals surface area contributed by atoms with E-state index in [4.69, 9.17) is 25.2 Å². The summed E-state index contributed by atoms with van der Waals surface area (Å²) in [4.78, 5) is 8.25. The number of likely N-dealkylation sites (N-methyl/N-ethyl adjacent to an activating group) is 1. The molecule has 0 amide bonds. The smallest absolute Gasteiger partial charge is 0.182 e. The lowest BCUT2D eigenvalue weighted by atomic mass is 10.1. The Kier molecular flexibility index (Phi) is 21.4. The Morgan fingerprint density at radius 1 is 0.846 bits per heavy atom. The van der Waals surface area contributed by atoms with Crippen LogP contribution in [0.25, 0.3) is 0 Å². The van der Waals surface area contributed by atoms with Gasteiger partial charge in [-0.05, 0) is 6.42 Å². The molecule has 0 unspecified atom stereocenters. The summed E-state index contributed by atoms with van der Waals surface area (Å²) in [5, 5.41) is 23.7. The molecule has 0 atom stereocenters. The lowest BCUT2D eigenvalue weighted by molar-refractivity contribution is -0.910. The average Bonchev–Trinajstić information content (AvgIpc) is 2.54. The van der Waals surface area contributed by atoms with E-state index in [1.807, 2.05) is 0 Å². The fourth-order valence-electron chi connectivity index (χ4n) is 2.69. The summed E-state index contributed by atoms with van der Waals surface area (Å²) in [6.07, 6.45) is 16.6. The van der Waals surface area contributed by atoms with Crippen molar-refractivity contribution in [2.45, 2.75) is 84.0 Å². The second-order valence-electron chi connectivity index (χ2n) is 7.53. The van der Waals surface area contributed by atoms with Crippen LogP contribution in [0.2, 0.25) is 0 Å². The van der Waals surface area contributed by atoms with Crippen molar-refractivity contribution in [2.75, 3.05) is 40.6 Å². The van der Waals surface area contributed by atoms with E-state index in [2.05, 4.69) is 21.0 Å². The fourth-order valence-corrected chi connectivity index (χ4v) is 2.69. The van der Waals surface area contributed by atoms with Crippen LogP contribution in [0.4, 0.5) is 0 Å². The summed E-state index contributed by atoms with van der Waals surface area (Å²) >= 11 is 0. The molecule has 1 N–H and O–H groups in total. The van der Waals surface area contributed by atoms with Crippen molar-refractivity contribution < 1.29 is 19.4 Å². The van der Waals surface area contributed by atoms with Crippen LogP contribution in [0.3, 0.4) is 0 Å². The number of hydrogen-bond acceptors (Lipinski definition) is 5. The summed E-state index contributed by atoms with van der Waals surface area (Å²) in [6.45, 7) is 4.84. The van der Waals surface area contributed by atoms with E-state index in [9.17, 15) is 0 Å². The Morgan fingerprint density at radius 2 is 1.23 bits per heavy atom. The lowest BCUT2D eigenvalue weighted by Gasteiger charge is -2.28. The maximum absolute atomic E-state index is 8.95. The second-order valence-corrected chi connectivity index (χ2v) is 7.53. The van der Waals surface area contributed by atoms with Crippen LogP contribution in [0, 0.1) is 15.3 Å². The molecule has 0 radical (unpaired) electrons. The topological polar surface area (TPSA) is 95.7 Å². The monoisotopic (exact) mass is 378 g/mol. The number of rotatable bonds is 17. The zero-order valence-electron chi connectivity index (χ0n) is 17.3. The number of ether oxygens (including phenoxy) is 1. The molecular formula is C19H42N2O5. The highest BCUT2D eigenvalue weighted by Gasteiger charge is 2.13. The first-order valence-electron chi connectivity index (χ1n) is 10.2. The molecule has 0 spiro atoms. The van der Waals surface area contributed by atoms with E-state index in [0.29, 0.717) is 6.73 Å². The molecule has 0 aliphatic rings. The normalized spacial score (nSPS) is 11.1. The zero-order valence-corrected chi connectivity index (χ0v) is 17.3. The Bertz CT molecular complexity index is 298. The average molecular weight is 379 g/mol. The van der Waals surface area contributed by atoms with Gasteiger partial charge in [0, 0.05) is 0 Å². The predicted molar refractivity (Wildman–Crippen MR) is 106 cm³/mol. The van der Waals surface area contributed by atoms with E-state index in [1.54, 1.807) is 0 Å². The molecule has 0 aromatic rings. The van der Waals surface area contributed by atoms with E-state index in [-0.39, 0.29) is 6.61 Å². The van der Waals surface area contributed by atoms with Crippen LogP contribution in [-0.2, 0) is 4.74 Å². The van der Waals surface area contributed by atoms with E-state index < -0.39 is 5.09 Å². The number of aliphatic hydroxyl groups excluding tert-OH is 1. The first-order valence-corrected chi connectivity index (χ1v) is 10.2. The van der Waals surface area contributed by atoms with Crippen molar-refractivity contribution in [1.82, 2.24) is 0 Å². The molecule has 7 heteroatoms. The van der Waals surface area contributed by atoms with Crippen LogP contribution >= 0.6 is 0 Å². The maximum atomic E-state index is 8.95. The van der Waals surface area contributed by atoms with Crippen LogP contribution in [0.1, 0.15) is 84.0 Å². The Balaban J connectivity index is 0. The second kappa shape index (κ2) is 20.4. The molecule has 0 heterocycles. The molecule has 0 aliphatic carbocycles. The maximum Gasteiger partial charge on any atom is 0.182 e. The van der Waals surface area contributed by atoms with Gasteiger partial charge in [0.25, 0.3) is 0 Å². The minimum Gasteiger partial charge on any atom is -0.391 e. The van der Waals surface area contributed by atoms with Crippen LogP contribution in [0.15, 0.2) is 0 Å². The number of aliphatic hydroxyl groups is 1. The minimum absolute atomic E-state index is 0.231. The number of nitrogens with zero attached hydrogens (tertiary/aromatic N) is 2. The highest BCUT2D eigenvalue weighted by molar-refractivity contribution is 4.48. The standard InChI is InChI=1S/C19H42NO2.NO3/c1-4-5-6-7-8-9-10-11-12-13-14-15-18-22-19-20(2,3)16-17-21;2-1(3)4/h21H,4-19H2,1-3H3;/q+1;-1. The molecule has 0 bridgehead atoms. The van der Waals surface area contributed by atoms with Crippen molar-refractivity contribution in [1.29, 1.82) is 0 Å². The number of unbranched alkanes of at least 4 members (excludes halogenated alkanes) is 11. The van der Waals surface area contributed by atoms with Crippen molar-refractivity contribution in [3.05, 3.63) is 15.3 Å². The summed E-state index contributed by atoms with van der Waals surface area (Å²) in [7, 11) is 4.19. The molecule has 7 nitrogen and oxygen atoms in total. The van der Waals surface area contributed by atoms with E-state index in [1.165, 1.54) is 77.0 Å². The summed E-state index contributed by atoms with van der Waals surface area (Å²) in [6, 6.07) is 0. The van der Waals surface area contributed by atoms with Crippen LogP contribution in [0.5, 0.6) is 0 Å². The van der Waals surface area contributed by atoms with Crippen molar-refractivity contribution >= 4 is 0 Å². The van der Waals surface area contributed by atoms with Gasteiger partial charge < -0.3 is 29.6 Å². The van der Waals surface area contributed by atoms with E-state index in [0.717, 1.165) is 17.6 Å². The van der Waals surface area contributed by atoms with Gasteiger partial charge in [-0.25, -0.2) is 0 Å². The minimum atomic E-state index is -1.75. The zero-order chi connectivity index (χ0) is 20.1. The Morgan fingerprint density at radius 3 is 1.62 bits per heavy atom. The molecule has 0 saturated heterocycles. The van der Waals surface area contributed by atoms with E-state index >= 15 is 0 Å². The summed E-state index contributed by atoms with van der Waals surface area (Å²) < 4.78 is 6.45. The van der Waals surface area contributed by atoms with Crippen LogP contribution in [-0.4, -0.2) is 55.3 Å². The van der Waals surface area contributed by atoms with Crippen molar-refractivity contribution in [3.8, 4) is 0 Å². The molecule has 0 saturated carbocycles. The molecule has 0 aromatic heterocycles. The van der Waals surface area contributed by atoms with Gasteiger partial charge >= 0.3 is 0 Å².